The van der Waals surface area contributed by atoms with Crippen LogP contribution in [-0.2, 0) is 4.74 Å². The van der Waals surface area contributed by atoms with E-state index in [1.165, 1.54) is 17.7 Å². The Morgan fingerprint density at radius 2 is 2.26 bits per heavy atom. The first kappa shape index (κ1) is 13.4. The lowest BCUT2D eigenvalue weighted by Gasteiger charge is -2.12. The molecule has 1 aliphatic rings. The fourth-order valence-electron chi connectivity index (χ4n) is 2.19. The van der Waals surface area contributed by atoms with Crippen LogP contribution >= 0.6 is 33.9 Å². The van der Waals surface area contributed by atoms with Gasteiger partial charge in [-0.3, -0.25) is 4.79 Å². The lowest BCUT2D eigenvalue weighted by molar-refractivity contribution is 0.0202. The van der Waals surface area contributed by atoms with Gasteiger partial charge >= 0.3 is 0 Å². The average Bonchev–Trinajstić information content (AvgIpc) is 2.94. The third-order valence-electron chi connectivity index (χ3n) is 3.20. The number of aliphatic hydroxyl groups is 2. The number of hydrogen-bond acceptors (Lipinski definition) is 6. The third-order valence-corrected chi connectivity index (χ3v) is 5.10. The van der Waals surface area contributed by atoms with E-state index in [4.69, 9.17) is 4.74 Å². The molecule has 1 saturated heterocycles. The van der Waals surface area contributed by atoms with Gasteiger partial charge in [0.1, 0.15) is 18.3 Å². The molecular formula is C11H11IN2O4S. The molecule has 1 aliphatic heterocycles. The van der Waals surface area contributed by atoms with E-state index < -0.39 is 24.4 Å². The van der Waals surface area contributed by atoms with Gasteiger partial charge in [0, 0.05) is 9.81 Å². The molecule has 19 heavy (non-hydrogen) atoms. The molecule has 3 heterocycles. The summed E-state index contributed by atoms with van der Waals surface area (Å²) in [5.41, 5.74) is 0.310. The summed E-state index contributed by atoms with van der Waals surface area (Å²) in [7, 11) is 0. The number of alkyl halides is 1. The van der Waals surface area contributed by atoms with Crippen molar-refractivity contribution in [1.29, 1.82) is 0 Å². The van der Waals surface area contributed by atoms with E-state index in [1.54, 1.807) is 5.38 Å². The second-order valence-electron chi connectivity index (χ2n) is 4.32. The number of H-pyrrole nitrogens is 1. The monoisotopic (exact) mass is 394 g/mol. The quantitative estimate of drug-likeness (QED) is 0.512. The fourth-order valence-corrected chi connectivity index (χ4v) is 3.98. The standard InChI is InChI=1S/C11H11IN2O4S/c12-1-5-7(15)8(16)9(18-5)10-6-4(2-19-10)11(17)14-3-13-6/h2-3,5,7-9,15-16H,1H2,(H,13,14,17)/t5-,7-,8-,9-/m1/s1. The highest BCUT2D eigenvalue weighted by Gasteiger charge is 2.44. The SMILES string of the molecule is O=c1[nH]cnc2c([C@@H]3O[C@H](CI)[C@@H](O)[C@H]3O)scc12. The Bertz CT molecular complexity index is 657. The number of aromatic amines is 1. The first-order valence-electron chi connectivity index (χ1n) is 5.66. The Balaban J connectivity index is 2.06. The van der Waals surface area contributed by atoms with Crippen LogP contribution in [0.1, 0.15) is 11.0 Å². The predicted molar refractivity (Wildman–Crippen MR) is 78.8 cm³/mol. The van der Waals surface area contributed by atoms with Crippen molar-refractivity contribution in [2.24, 2.45) is 0 Å². The normalized spacial score (nSPS) is 31.1. The van der Waals surface area contributed by atoms with Crippen molar-refractivity contribution < 1.29 is 14.9 Å². The van der Waals surface area contributed by atoms with Gasteiger partial charge in [0.15, 0.2) is 0 Å². The van der Waals surface area contributed by atoms with Crippen molar-refractivity contribution in [2.45, 2.75) is 24.4 Å². The van der Waals surface area contributed by atoms with Crippen molar-refractivity contribution in [3.63, 3.8) is 0 Å². The zero-order chi connectivity index (χ0) is 13.6. The topological polar surface area (TPSA) is 95.4 Å². The molecule has 1 fully saturated rings. The van der Waals surface area contributed by atoms with Crippen molar-refractivity contribution in [2.75, 3.05) is 4.43 Å². The highest BCUT2D eigenvalue weighted by atomic mass is 127. The molecule has 0 amide bonds. The molecule has 8 heteroatoms. The van der Waals surface area contributed by atoms with Crippen molar-refractivity contribution in [3.05, 3.63) is 26.9 Å². The molecule has 0 radical (unpaired) electrons. The van der Waals surface area contributed by atoms with Crippen LogP contribution in [0.15, 0.2) is 16.5 Å². The number of aromatic nitrogens is 2. The van der Waals surface area contributed by atoms with Gasteiger partial charge in [-0.15, -0.1) is 11.3 Å². The minimum absolute atomic E-state index is 0.217. The molecular weight excluding hydrogens is 383 g/mol. The summed E-state index contributed by atoms with van der Waals surface area (Å²) < 4.78 is 6.27. The largest absolute Gasteiger partial charge is 0.388 e. The molecule has 4 atom stereocenters. The van der Waals surface area contributed by atoms with Crippen LogP contribution < -0.4 is 5.56 Å². The molecule has 0 spiro atoms. The maximum absolute atomic E-state index is 11.6. The van der Waals surface area contributed by atoms with E-state index in [0.717, 1.165) is 0 Å². The van der Waals surface area contributed by atoms with Gasteiger partial charge in [-0.1, -0.05) is 22.6 Å². The Morgan fingerprint density at radius 3 is 2.95 bits per heavy atom. The number of aliphatic hydroxyl groups excluding tert-OH is 2. The lowest BCUT2D eigenvalue weighted by Crippen LogP contribution is -2.31. The summed E-state index contributed by atoms with van der Waals surface area (Å²) in [5.74, 6) is 0. The number of nitrogens with zero attached hydrogens (tertiary/aromatic N) is 1. The molecule has 0 bridgehead atoms. The Hall–Kier alpha value is -0.550. The van der Waals surface area contributed by atoms with Gasteiger partial charge in [-0.25, -0.2) is 4.98 Å². The number of thiophene rings is 1. The van der Waals surface area contributed by atoms with Gasteiger partial charge in [-0.2, -0.15) is 0 Å². The lowest BCUT2D eigenvalue weighted by atomic mass is 10.1. The zero-order valence-electron chi connectivity index (χ0n) is 9.62. The summed E-state index contributed by atoms with van der Waals surface area (Å²) in [6.45, 7) is 0. The Morgan fingerprint density at radius 1 is 1.47 bits per heavy atom. The van der Waals surface area contributed by atoms with E-state index in [0.29, 0.717) is 20.2 Å². The molecule has 3 N–H and O–H groups in total. The molecule has 2 aromatic heterocycles. The molecule has 0 unspecified atom stereocenters. The van der Waals surface area contributed by atoms with Crippen LogP contribution in [0.25, 0.3) is 10.9 Å². The van der Waals surface area contributed by atoms with Crippen LogP contribution in [0.3, 0.4) is 0 Å². The number of nitrogens with one attached hydrogen (secondary N) is 1. The van der Waals surface area contributed by atoms with Gasteiger partial charge in [-0.05, 0) is 0 Å². The van der Waals surface area contributed by atoms with Crippen LogP contribution in [0.2, 0.25) is 0 Å². The first-order chi connectivity index (χ1) is 9.13. The Kier molecular flexibility index (Phi) is 3.60. The molecule has 102 valence electrons. The van der Waals surface area contributed by atoms with Crippen LogP contribution in [-0.4, -0.2) is 42.9 Å². The number of ether oxygens (including phenoxy) is 1. The van der Waals surface area contributed by atoms with Crippen LogP contribution in [0.4, 0.5) is 0 Å². The maximum atomic E-state index is 11.6. The highest BCUT2D eigenvalue weighted by molar-refractivity contribution is 14.1. The van der Waals surface area contributed by atoms with E-state index in [-0.39, 0.29) is 5.56 Å². The molecule has 3 rings (SSSR count). The van der Waals surface area contributed by atoms with E-state index in [9.17, 15) is 15.0 Å². The fraction of sp³-hybridized carbons (Fsp3) is 0.455. The summed E-state index contributed by atoms with van der Waals surface area (Å²) in [6.07, 6.45) is -1.62. The predicted octanol–water partition coefficient (Wildman–Crippen LogP) is 0.581. The number of rotatable bonds is 2. The van der Waals surface area contributed by atoms with E-state index in [2.05, 4.69) is 32.6 Å². The highest BCUT2D eigenvalue weighted by Crippen LogP contribution is 2.39. The average molecular weight is 394 g/mol. The first-order valence-corrected chi connectivity index (χ1v) is 8.06. The van der Waals surface area contributed by atoms with E-state index in [1.807, 2.05) is 0 Å². The van der Waals surface area contributed by atoms with Crippen molar-refractivity contribution in [3.8, 4) is 0 Å². The molecule has 0 aromatic carbocycles. The smallest absolute Gasteiger partial charge is 0.259 e. The van der Waals surface area contributed by atoms with Gasteiger partial charge in [0.05, 0.1) is 28.2 Å². The second kappa shape index (κ2) is 5.09. The van der Waals surface area contributed by atoms with Gasteiger partial charge in [0.25, 0.3) is 5.56 Å². The number of fused-ring (bicyclic) bond motifs is 1. The van der Waals surface area contributed by atoms with E-state index >= 15 is 0 Å². The number of halogens is 1. The molecule has 2 aromatic rings. The van der Waals surface area contributed by atoms with Crippen LogP contribution in [0, 0.1) is 0 Å². The summed E-state index contributed by atoms with van der Waals surface area (Å²) in [5, 5.41) is 22.1. The van der Waals surface area contributed by atoms with Crippen molar-refractivity contribution in [1.82, 2.24) is 9.97 Å². The van der Waals surface area contributed by atoms with Crippen molar-refractivity contribution >= 4 is 44.8 Å². The van der Waals surface area contributed by atoms with Gasteiger partial charge < -0.3 is 19.9 Å². The second-order valence-corrected chi connectivity index (χ2v) is 6.12. The Labute approximate surface area is 125 Å². The summed E-state index contributed by atoms with van der Waals surface area (Å²) in [4.78, 5) is 19.0. The maximum Gasteiger partial charge on any atom is 0.259 e. The summed E-state index contributed by atoms with van der Waals surface area (Å²) >= 11 is 3.41. The number of hydrogen-bond donors (Lipinski definition) is 3. The molecule has 0 aliphatic carbocycles. The molecule has 0 saturated carbocycles. The third kappa shape index (κ3) is 2.11. The zero-order valence-corrected chi connectivity index (χ0v) is 12.6. The summed E-state index contributed by atoms with van der Waals surface area (Å²) in [6, 6.07) is 0. The van der Waals surface area contributed by atoms with Crippen LogP contribution in [0.5, 0.6) is 0 Å². The molecule has 6 nitrogen and oxygen atoms in total. The minimum Gasteiger partial charge on any atom is -0.388 e. The van der Waals surface area contributed by atoms with Gasteiger partial charge in [0.2, 0.25) is 0 Å². The minimum atomic E-state index is -0.997.